The van der Waals surface area contributed by atoms with E-state index < -0.39 is 21.5 Å². The van der Waals surface area contributed by atoms with E-state index in [-0.39, 0.29) is 12.4 Å². The van der Waals surface area contributed by atoms with Crippen LogP contribution in [0, 0.1) is 0 Å². The van der Waals surface area contributed by atoms with Crippen LogP contribution in [0.25, 0.3) is 0 Å². The van der Waals surface area contributed by atoms with Gasteiger partial charge < -0.3 is 9.84 Å². The van der Waals surface area contributed by atoms with E-state index in [0.717, 1.165) is 25.7 Å². The Hall–Kier alpha value is -0.660. The highest BCUT2D eigenvalue weighted by molar-refractivity contribution is 7.89. The van der Waals surface area contributed by atoms with Crippen LogP contribution in [0.5, 0.6) is 0 Å². The molecule has 112 valence electrons. The molecule has 1 saturated carbocycles. The molecule has 6 nitrogen and oxygen atoms in total. The van der Waals surface area contributed by atoms with E-state index >= 15 is 0 Å². The Kier molecular flexibility index (Phi) is 6.22. The standard InChI is InChI=1S/C12H23NO5S/c1-2-18-9-10-19(16,17)13-12(11(14)15)7-5-3-4-6-8-12/h13H,2-10H2,1H3,(H,14,15). The van der Waals surface area contributed by atoms with Crippen molar-refractivity contribution in [3.05, 3.63) is 0 Å². The van der Waals surface area contributed by atoms with Gasteiger partial charge >= 0.3 is 5.97 Å². The minimum atomic E-state index is -3.63. The van der Waals surface area contributed by atoms with E-state index in [9.17, 15) is 18.3 Å². The van der Waals surface area contributed by atoms with Crippen molar-refractivity contribution in [1.29, 1.82) is 0 Å². The Morgan fingerprint density at radius 1 is 1.26 bits per heavy atom. The van der Waals surface area contributed by atoms with Crippen LogP contribution in [0.2, 0.25) is 0 Å². The van der Waals surface area contributed by atoms with Crippen LogP contribution < -0.4 is 4.72 Å². The van der Waals surface area contributed by atoms with Gasteiger partial charge in [-0.25, -0.2) is 8.42 Å². The average Bonchev–Trinajstić information content (AvgIpc) is 2.55. The van der Waals surface area contributed by atoms with Gasteiger partial charge in [-0.1, -0.05) is 25.7 Å². The van der Waals surface area contributed by atoms with Crippen molar-refractivity contribution in [3.63, 3.8) is 0 Å². The lowest BCUT2D eigenvalue weighted by atomic mass is 9.92. The number of carbonyl (C=O) groups is 1. The number of hydrogen-bond acceptors (Lipinski definition) is 4. The topological polar surface area (TPSA) is 92.7 Å². The number of hydrogen-bond donors (Lipinski definition) is 2. The number of aliphatic carboxylic acids is 1. The highest BCUT2D eigenvalue weighted by atomic mass is 32.2. The summed E-state index contributed by atoms with van der Waals surface area (Å²) in [7, 11) is -3.63. The van der Waals surface area contributed by atoms with Crippen molar-refractivity contribution in [2.45, 2.75) is 51.0 Å². The van der Waals surface area contributed by atoms with Crippen LogP contribution in [0.15, 0.2) is 0 Å². The van der Waals surface area contributed by atoms with Crippen molar-refractivity contribution in [3.8, 4) is 0 Å². The molecule has 7 heteroatoms. The number of ether oxygens (including phenoxy) is 1. The molecule has 0 unspecified atom stereocenters. The highest BCUT2D eigenvalue weighted by Gasteiger charge is 2.41. The molecule has 2 N–H and O–H groups in total. The first-order chi connectivity index (χ1) is 8.92. The zero-order chi connectivity index (χ0) is 14.4. The van der Waals surface area contributed by atoms with E-state index in [1.165, 1.54) is 0 Å². The number of sulfonamides is 1. The Morgan fingerprint density at radius 2 is 1.84 bits per heavy atom. The summed E-state index contributed by atoms with van der Waals surface area (Å²) >= 11 is 0. The fourth-order valence-corrected chi connectivity index (χ4v) is 3.68. The van der Waals surface area contributed by atoms with Gasteiger partial charge in [0.2, 0.25) is 10.0 Å². The average molecular weight is 293 g/mol. The molecular formula is C12H23NO5S. The van der Waals surface area contributed by atoms with Crippen molar-refractivity contribution in [2.75, 3.05) is 19.0 Å². The summed E-state index contributed by atoms with van der Waals surface area (Å²) in [5.74, 6) is -1.27. The second-order valence-electron chi connectivity index (χ2n) is 4.92. The van der Waals surface area contributed by atoms with Crippen LogP contribution in [0.3, 0.4) is 0 Å². The van der Waals surface area contributed by atoms with Gasteiger partial charge in [0.25, 0.3) is 0 Å². The van der Waals surface area contributed by atoms with E-state index in [0.29, 0.717) is 19.4 Å². The lowest BCUT2D eigenvalue weighted by Gasteiger charge is -2.28. The molecule has 0 aliphatic heterocycles. The fraction of sp³-hybridized carbons (Fsp3) is 0.917. The monoisotopic (exact) mass is 293 g/mol. The predicted octanol–water partition coefficient (Wildman–Crippen LogP) is 1.12. The predicted molar refractivity (Wildman–Crippen MR) is 71.5 cm³/mol. The molecule has 0 heterocycles. The maximum absolute atomic E-state index is 11.9. The summed E-state index contributed by atoms with van der Waals surface area (Å²) in [4.78, 5) is 11.5. The van der Waals surface area contributed by atoms with Crippen LogP contribution >= 0.6 is 0 Å². The minimum Gasteiger partial charge on any atom is -0.480 e. The van der Waals surface area contributed by atoms with Crippen molar-refractivity contribution < 1.29 is 23.1 Å². The Bertz CT molecular complexity index is 385. The smallest absolute Gasteiger partial charge is 0.324 e. The summed E-state index contributed by atoms with van der Waals surface area (Å²) in [5.41, 5.74) is -1.33. The van der Waals surface area contributed by atoms with E-state index in [1.807, 2.05) is 0 Å². The van der Waals surface area contributed by atoms with Crippen LogP contribution in [0.1, 0.15) is 45.4 Å². The SMILES string of the molecule is CCOCCS(=O)(=O)NC1(C(=O)O)CCCCCC1. The summed E-state index contributed by atoms with van der Waals surface area (Å²) in [6.07, 6.45) is 4.10. The van der Waals surface area contributed by atoms with Gasteiger partial charge in [0.05, 0.1) is 12.4 Å². The van der Waals surface area contributed by atoms with E-state index in [1.54, 1.807) is 6.92 Å². The molecule has 1 aliphatic rings. The lowest BCUT2D eigenvalue weighted by Crippen LogP contribution is -2.54. The van der Waals surface area contributed by atoms with Crippen LogP contribution in [-0.4, -0.2) is 44.0 Å². The Labute approximate surface area is 114 Å². The highest BCUT2D eigenvalue weighted by Crippen LogP contribution is 2.28. The zero-order valence-corrected chi connectivity index (χ0v) is 12.2. The molecule has 0 radical (unpaired) electrons. The Balaban J connectivity index is 2.74. The first kappa shape index (κ1) is 16.4. The molecule has 0 atom stereocenters. The number of rotatable bonds is 7. The van der Waals surface area contributed by atoms with Crippen LogP contribution in [0.4, 0.5) is 0 Å². The molecule has 0 saturated heterocycles. The number of nitrogens with one attached hydrogen (secondary N) is 1. The minimum absolute atomic E-state index is 0.0849. The molecule has 0 spiro atoms. The first-order valence-corrected chi connectivity index (χ1v) is 8.40. The molecule has 0 amide bonds. The third-order valence-electron chi connectivity index (χ3n) is 3.42. The van der Waals surface area contributed by atoms with Crippen molar-refractivity contribution in [1.82, 2.24) is 4.72 Å². The van der Waals surface area contributed by atoms with Gasteiger partial charge in [0.1, 0.15) is 5.54 Å². The third-order valence-corrected chi connectivity index (χ3v) is 4.82. The maximum Gasteiger partial charge on any atom is 0.324 e. The molecule has 1 aliphatic carbocycles. The quantitative estimate of drug-likeness (QED) is 0.542. The van der Waals surface area contributed by atoms with Gasteiger partial charge in [0, 0.05) is 6.61 Å². The molecule has 0 aromatic carbocycles. The van der Waals surface area contributed by atoms with E-state index in [2.05, 4.69) is 4.72 Å². The molecule has 1 fully saturated rings. The maximum atomic E-state index is 11.9. The van der Waals surface area contributed by atoms with E-state index in [4.69, 9.17) is 4.74 Å². The number of carboxylic acid groups (broad SMARTS) is 1. The summed E-state index contributed by atoms with van der Waals surface area (Å²) < 4.78 is 31.3. The summed E-state index contributed by atoms with van der Waals surface area (Å²) in [6.45, 7) is 2.31. The second-order valence-corrected chi connectivity index (χ2v) is 6.76. The van der Waals surface area contributed by atoms with Gasteiger partial charge in [-0.3, -0.25) is 4.79 Å². The molecule has 0 aromatic rings. The van der Waals surface area contributed by atoms with Crippen LogP contribution in [-0.2, 0) is 19.6 Å². The summed E-state index contributed by atoms with van der Waals surface area (Å²) in [6, 6.07) is 0. The molecule has 19 heavy (non-hydrogen) atoms. The lowest BCUT2D eigenvalue weighted by molar-refractivity contribution is -0.144. The summed E-state index contributed by atoms with van der Waals surface area (Å²) in [5, 5.41) is 9.39. The molecule has 1 rings (SSSR count). The fourth-order valence-electron chi connectivity index (χ4n) is 2.35. The van der Waals surface area contributed by atoms with Gasteiger partial charge in [-0.2, -0.15) is 4.72 Å². The zero-order valence-electron chi connectivity index (χ0n) is 11.4. The van der Waals surface area contributed by atoms with Gasteiger partial charge in [0.15, 0.2) is 0 Å². The molecule has 0 bridgehead atoms. The number of carboxylic acids is 1. The van der Waals surface area contributed by atoms with Gasteiger partial charge in [-0.15, -0.1) is 0 Å². The second kappa shape index (κ2) is 7.21. The normalized spacial score (nSPS) is 19.8. The van der Waals surface area contributed by atoms with Crippen molar-refractivity contribution >= 4 is 16.0 Å². The molecule has 0 aromatic heterocycles. The third kappa shape index (κ3) is 5.08. The first-order valence-electron chi connectivity index (χ1n) is 6.75. The van der Waals surface area contributed by atoms with Crippen molar-refractivity contribution in [2.24, 2.45) is 0 Å². The largest absolute Gasteiger partial charge is 0.480 e. The molecular weight excluding hydrogens is 270 g/mol. The van der Waals surface area contributed by atoms with Gasteiger partial charge in [-0.05, 0) is 19.8 Å². The Morgan fingerprint density at radius 3 is 2.32 bits per heavy atom.